The second kappa shape index (κ2) is 8.24. The van der Waals surface area contributed by atoms with Crippen LogP contribution in [0, 0.1) is 0 Å². The molecule has 0 radical (unpaired) electrons. The Morgan fingerprint density at radius 3 is 2.50 bits per heavy atom. The number of carbonyl (C=O) groups is 2. The average Bonchev–Trinajstić information content (AvgIpc) is 3.35. The van der Waals surface area contributed by atoms with Crippen molar-refractivity contribution >= 4 is 39.0 Å². The number of fused-ring (bicyclic) bond motifs is 1. The first-order valence-corrected chi connectivity index (χ1v) is 11.0. The molecule has 2 aliphatic rings. The second-order valence-electron chi connectivity index (χ2n) is 7.68. The third-order valence-corrected chi connectivity index (χ3v) is 6.36. The molecule has 160 valence electrons. The van der Waals surface area contributed by atoms with E-state index in [1.54, 1.807) is 25.3 Å². The molecule has 0 N–H and O–H groups in total. The summed E-state index contributed by atoms with van der Waals surface area (Å²) in [6.45, 7) is 0.171. The number of methoxy groups -OCH3 is 1. The lowest BCUT2D eigenvalue weighted by molar-refractivity contribution is -0.114. The summed E-state index contributed by atoms with van der Waals surface area (Å²) in [5.41, 5.74) is 3.97. The van der Waals surface area contributed by atoms with Gasteiger partial charge in [0.15, 0.2) is 0 Å². The highest BCUT2D eigenvalue weighted by molar-refractivity contribution is 9.10. The van der Waals surface area contributed by atoms with Crippen molar-refractivity contribution in [1.29, 1.82) is 0 Å². The van der Waals surface area contributed by atoms with Gasteiger partial charge in [-0.15, -0.1) is 0 Å². The minimum atomic E-state index is -0.530. The molecule has 3 aromatic rings. The molecule has 7 heteroatoms. The third kappa shape index (κ3) is 3.48. The molecule has 1 amide bonds. The maximum Gasteiger partial charge on any atom is 0.301 e. The minimum absolute atomic E-state index is 0.138. The van der Waals surface area contributed by atoms with Crippen molar-refractivity contribution in [2.24, 2.45) is 5.10 Å². The van der Waals surface area contributed by atoms with Gasteiger partial charge in [-0.1, -0.05) is 58.4 Å². The number of amides is 1. The van der Waals surface area contributed by atoms with Crippen LogP contribution in [0.4, 0.5) is 5.69 Å². The zero-order valence-corrected chi connectivity index (χ0v) is 19.0. The lowest BCUT2D eigenvalue weighted by atomic mass is 9.98. The normalized spacial score (nSPS) is 17.6. The molecule has 3 aromatic carbocycles. The fourth-order valence-corrected chi connectivity index (χ4v) is 4.51. The zero-order chi connectivity index (χ0) is 22.2. The molecule has 0 bridgehead atoms. The van der Waals surface area contributed by atoms with Crippen molar-refractivity contribution in [2.45, 2.75) is 12.5 Å². The van der Waals surface area contributed by atoms with E-state index in [1.165, 1.54) is 4.90 Å². The second-order valence-corrected chi connectivity index (χ2v) is 8.59. The number of carbonyl (C=O) groups excluding carboxylic acids is 2. The molecule has 2 heterocycles. The van der Waals surface area contributed by atoms with Crippen molar-refractivity contribution in [3.05, 3.63) is 94.0 Å². The fourth-order valence-electron chi connectivity index (χ4n) is 4.25. The van der Waals surface area contributed by atoms with E-state index < -0.39 is 11.7 Å². The third-order valence-electron chi connectivity index (χ3n) is 5.84. The molecule has 0 unspecified atom stereocenters. The standard InChI is InChI=1S/C25H20BrN3O3/c1-32-23-9-5-3-6-18(23)22-14-20(16-10-12-17(26)13-11-16)27-29(22)15-28-21-8-4-2-7-19(21)24(30)25(28)31/h2-13,22H,14-15H2,1H3/t22-/m0/s1. The summed E-state index contributed by atoms with van der Waals surface area (Å²) < 4.78 is 6.60. The molecule has 0 saturated carbocycles. The number of rotatable bonds is 5. The van der Waals surface area contributed by atoms with Gasteiger partial charge >= 0.3 is 5.91 Å². The van der Waals surface area contributed by atoms with Crippen LogP contribution in [0.5, 0.6) is 5.75 Å². The molecule has 0 saturated heterocycles. The average molecular weight is 490 g/mol. The smallest absolute Gasteiger partial charge is 0.301 e. The summed E-state index contributed by atoms with van der Waals surface area (Å²) in [5.74, 6) is -0.248. The van der Waals surface area contributed by atoms with Gasteiger partial charge in [0.05, 0.1) is 30.1 Å². The van der Waals surface area contributed by atoms with E-state index in [2.05, 4.69) is 15.9 Å². The molecular weight excluding hydrogens is 470 g/mol. The molecule has 0 aromatic heterocycles. The van der Waals surface area contributed by atoms with E-state index in [1.807, 2.05) is 59.6 Å². The van der Waals surface area contributed by atoms with Gasteiger partial charge in [0, 0.05) is 16.5 Å². The molecule has 2 aliphatic heterocycles. The molecule has 0 aliphatic carbocycles. The molecule has 32 heavy (non-hydrogen) atoms. The van der Waals surface area contributed by atoms with E-state index in [0.717, 1.165) is 27.1 Å². The number of Topliss-reactive ketones (excluding diaryl/α,β-unsaturated/α-hetero) is 1. The van der Waals surface area contributed by atoms with E-state index in [4.69, 9.17) is 9.84 Å². The van der Waals surface area contributed by atoms with Crippen LogP contribution in [0.15, 0.2) is 82.4 Å². The van der Waals surface area contributed by atoms with Crippen LogP contribution in [0.3, 0.4) is 0 Å². The van der Waals surface area contributed by atoms with Crippen molar-refractivity contribution in [3.8, 4) is 5.75 Å². The lowest BCUT2D eigenvalue weighted by Crippen LogP contribution is -2.39. The summed E-state index contributed by atoms with van der Waals surface area (Å²) in [6, 6.07) is 22.8. The number of hydrazone groups is 1. The Labute approximate surface area is 194 Å². The van der Waals surface area contributed by atoms with Crippen LogP contribution in [0.2, 0.25) is 0 Å². The maximum absolute atomic E-state index is 12.8. The van der Waals surface area contributed by atoms with Gasteiger partial charge in [0.2, 0.25) is 0 Å². The highest BCUT2D eigenvalue weighted by Gasteiger charge is 2.39. The summed E-state index contributed by atoms with van der Waals surface area (Å²) >= 11 is 3.48. The van der Waals surface area contributed by atoms with Crippen LogP contribution in [-0.2, 0) is 4.79 Å². The maximum atomic E-state index is 12.8. The number of ether oxygens (including phenoxy) is 1. The number of hydrogen-bond donors (Lipinski definition) is 0. The quantitative estimate of drug-likeness (QED) is 0.483. The highest BCUT2D eigenvalue weighted by atomic mass is 79.9. The Balaban J connectivity index is 1.54. The van der Waals surface area contributed by atoms with Crippen LogP contribution in [-0.4, -0.2) is 36.2 Å². The van der Waals surface area contributed by atoms with Crippen molar-refractivity contribution < 1.29 is 14.3 Å². The van der Waals surface area contributed by atoms with Crippen LogP contribution in [0.25, 0.3) is 0 Å². The number of halogens is 1. The Hall–Kier alpha value is -3.45. The fraction of sp³-hybridized carbons (Fsp3) is 0.160. The number of nitrogens with zero attached hydrogens (tertiary/aromatic N) is 3. The number of ketones is 1. The molecule has 0 spiro atoms. The van der Waals surface area contributed by atoms with Gasteiger partial charge in [0.1, 0.15) is 12.4 Å². The molecule has 5 rings (SSSR count). The summed E-state index contributed by atoms with van der Waals surface area (Å²) in [5, 5.41) is 6.77. The van der Waals surface area contributed by atoms with E-state index in [0.29, 0.717) is 17.7 Å². The Morgan fingerprint density at radius 2 is 1.72 bits per heavy atom. The SMILES string of the molecule is COc1ccccc1[C@@H]1CC(c2ccc(Br)cc2)=NN1CN1C(=O)C(=O)c2ccccc21. The summed E-state index contributed by atoms with van der Waals surface area (Å²) in [6.07, 6.45) is 0.652. The Kier molecular flexibility index (Phi) is 5.27. The monoisotopic (exact) mass is 489 g/mol. The topological polar surface area (TPSA) is 62.2 Å². The van der Waals surface area contributed by atoms with Crippen molar-refractivity contribution in [2.75, 3.05) is 18.7 Å². The number of anilines is 1. The first-order chi connectivity index (χ1) is 15.6. The molecule has 6 nitrogen and oxygen atoms in total. The first-order valence-electron chi connectivity index (χ1n) is 10.2. The number of para-hydroxylation sites is 2. The van der Waals surface area contributed by atoms with Crippen molar-refractivity contribution in [1.82, 2.24) is 5.01 Å². The molecule has 0 fully saturated rings. The summed E-state index contributed by atoms with van der Waals surface area (Å²) in [4.78, 5) is 26.8. The Bertz CT molecular complexity index is 1240. The van der Waals surface area contributed by atoms with Gasteiger partial charge in [-0.3, -0.25) is 19.5 Å². The van der Waals surface area contributed by atoms with E-state index in [-0.39, 0.29) is 12.7 Å². The largest absolute Gasteiger partial charge is 0.496 e. The van der Waals surface area contributed by atoms with Gasteiger partial charge in [-0.2, -0.15) is 5.10 Å². The molecular formula is C25H20BrN3O3. The van der Waals surface area contributed by atoms with Gasteiger partial charge in [-0.25, -0.2) is 0 Å². The van der Waals surface area contributed by atoms with Gasteiger partial charge in [-0.05, 0) is 35.9 Å². The number of benzene rings is 3. The minimum Gasteiger partial charge on any atom is -0.496 e. The van der Waals surface area contributed by atoms with Crippen LogP contribution < -0.4 is 9.64 Å². The van der Waals surface area contributed by atoms with Gasteiger partial charge < -0.3 is 4.74 Å². The number of hydrogen-bond acceptors (Lipinski definition) is 5. The van der Waals surface area contributed by atoms with E-state index >= 15 is 0 Å². The first kappa shape index (κ1) is 20.5. The van der Waals surface area contributed by atoms with Crippen LogP contribution in [0.1, 0.15) is 33.9 Å². The predicted molar refractivity (Wildman–Crippen MR) is 126 cm³/mol. The zero-order valence-electron chi connectivity index (χ0n) is 17.4. The predicted octanol–water partition coefficient (Wildman–Crippen LogP) is 4.80. The van der Waals surface area contributed by atoms with Crippen molar-refractivity contribution in [3.63, 3.8) is 0 Å². The Morgan fingerprint density at radius 1 is 1.00 bits per heavy atom. The van der Waals surface area contributed by atoms with Gasteiger partial charge in [0.25, 0.3) is 5.78 Å². The highest BCUT2D eigenvalue weighted by Crippen LogP contribution is 2.39. The lowest BCUT2D eigenvalue weighted by Gasteiger charge is -2.29. The summed E-state index contributed by atoms with van der Waals surface area (Å²) in [7, 11) is 1.65. The molecule has 1 atom stereocenters. The van der Waals surface area contributed by atoms with E-state index in [9.17, 15) is 9.59 Å². The van der Waals surface area contributed by atoms with Crippen LogP contribution >= 0.6 is 15.9 Å².